The molecule has 9 heavy (non-hydrogen) atoms. The first kappa shape index (κ1) is 8.62. The summed E-state index contributed by atoms with van der Waals surface area (Å²) in [6, 6.07) is 0.130. The first-order valence-corrected chi connectivity index (χ1v) is 2.85. The second-order valence-corrected chi connectivity index (χ2v) is 1.98. The van der Waals surface area contributed by atoms with E-state index in [-0.39, 0.29) is 6.04 Å². The highest BCUT2D eigenvalue weighted by Crippen LogP contribution is 1.95. The van der Waals surface area contributed by atoms with Gasteiger partial charge in [0.1, 0.15) is 0 Å². The van der Waals surface area contributed by atoms with Gasteiger partial charge in [0.25, 0.3) is 0 Å². The average Bonchev–Trinajstić information content (AvgIpc) is 1.87. The number of hydrazine groups is 1. The summed E-state index contributed by atoms with van der Waals surface area (Å²) in [4.78, 5) is 0. The van der Waals surface area contributed by atoms with Crippen molar-refractivity contribution >= 4 is 0 Å². The van der Waals surface area contributed by atoms with E-state index < -0.39 is 0 Å². The highest BCUT2D eigenvalue weighted by Gasteiger charge is 2.01. The summed E-state index contributed by atoms with van der Waals surface area (Å²) in [5.41, 5.74) is 3.53. The number of ether oxygens (including phenoxy) is 1. The van der Waals surface area contributed by atoms with Crippen LogP contribution in [-0.4, -0.2) is 19.8 Å². The number of rotatable bonds is 4. The van der Waals surface area contributed by atoms with Gasteiger partial charge < -0.3 is 4.74 Å². The van der Waals surface area contributed by atoms with Crippen LogP contribution in [0.4, 0.5) is 0 Å². The van der Waals surface area contributed by atoms with Gasteiger partial charge in [-0.05, 0) is 12.5 Å². The molecule has 0 spiro atoms. The molecule has 3 heteroatoms. The maximum Gasteiger partial charge on any atom is 0.0685 e. The van der Waals surface area contributed by atoms with Gasteiger partial charge >= 0.3 is 0 Å². The van der Waals surface area contributed by atoms with E-state index >= 15 is 0 Å². The number of nitrogens with two attached hydrogens (primary N) is 1. The van der Waals surface area contributed by atoms with Crippen LogP contribution in [0.2, 0.25) is 0 Å². The first-order chi connectivity index (χ1) is 4.22. The van der Waals surface area contributed by atoms with Crippen molar-refractivity contribution in [2.45, 2.75) is 13.0 Å². The Morgan fingerprint density at radius 1 is 1.89 bits per heavy atom. The van der Waals surface area contributed by atoms with Crippen LogP contribution in [0.25, 0.3) is 0 Å². The third kappa shape index (κ3) is 3.24. The van der Waals surface area contributed by atoms with Gasteiger partial charge in [-0.15, -0.1) is 0 Å². The Balaban J connectivity index is 3.46. The summed E-state index contributed by atoms with van der Waals surface area (Å²) in [6.07, 6.45) is 0. The molecule has 0 aromatic heterocycles. The van der Waals surface area contributed by atoms with E-state index in [1.807, 2.05) is 6.92 Å². The molecule has 0 aliphatic heterocycles. The predicted molar refractivity (Wildman–Crippen MR) is 37.8 cm³/mol. The minimum Gasteiger partial charge on any atom is -0.380 e. The second-order valence-electron chi connectivity index (χ2n) is 1.98. The summed E-state index contributed by atoms with van der Waals surface area (Å²) in [7, 11) is 1.63. The van der Waals surface area contributed by atoms with Crippen LogP contribution in [0.3, 0.4) is 0 Å². The molecule has 0 aliphatic rings. The highest BCUT2D eigenvalue weighted by atomic mass is 16.5. The molecule has 3 nitrogen and oxygen atoms in total. The third-order valence-electron chi connectivity index (χ3n) is 1.19. The van der Waals surface area contributed by atoms with Crippen molar-refractivity contribution < 1.29 is 4.74 Å². The second kappa shape index (κ2) is 4.49. The summed E-state index contributed by atoms with van der Waals surface area (Å²) in [5, 5.41) is 0. The SMILES string of the molecule is C=C(COC)C(C)NN. The van der Waals surface area contributed by atoms with E-state index in [4.69, 9.17) is 10.6 Å². The molecule has 0 aliphatic carbocycles. The van der Waals surface area contributed by atoms with Crippen molar-refractivity contribution in [2.75, 3.05) is 13.7 Å². The van der Waals surface area contributed by atoms with Gasteiger partial charge in [0.05, 0.1) is 6.61 Å². The van der Waals surface area contributed by atoms with Gasteiger partial charge in [0.15, 0.2) is 0 Å². The van der Waals surface area contributed by atoms with E-state index in [1.165, 1.54) is 0 Å². The van der Waals surface area contributed by atoms with Crippen molar-refractivity contribution in [2.24, 2.45) is 5.84 Å². The van der Waals surface area contributed by atoms with Crippen LogP contribution in [0.1, 0.15) is 6.92 Å². The molecule has 0 aromatic carbocycles. The smallest absolute Gasteiger partial charge is 0.0685 e. The number of methoxy groups -OCH3 is 1. The molecular weight excluding hydrogens is 116 g/mol. The maximum absolute atomic E-state index is 5.14. The molecule has 1 unspecified atom stereocenters. The van der Waals surface area contributed by atoms with Crippen molar-refractivity contribution in [3.8, 4) is 0 Å². The summed E-state index contributed by atoms with van der Waals surface area (Å²) >= 11 is 0. The number of hydrogen-bond acceptors (Lipinski definition) is 3. The molecule has 0 radical (unpaired) electrons. The molecule has 54 valence electrons. The first-order valence-electron chi connectivity index (χ1n) is 2.85. The highest BCUT2D eigenvalue weighted by molar-refractivity contribution is 5.02. The lowest BCUT2D eigenvalue weighted by Gasteiger charge is -2.11. The van der Waals surface area contributed by atoms with Crippen LogP contribution >= 0.6 is 0 Å². The molecule has 3 N–H and O–H groups in total. The largest absolute Gasteiger partial charge is 0.380 e. The van der Waals surface area contributed by atoms with Crippen LogP contribution in [-0.2, 0) is 4.74 Å². The molecule has 1 atom stereocenters. The quantitative estimate of drug-likeness (QED) is 0.321. The van der Waals surface area contributed by atoms with Gasteiger partial charge in [-0.25, -0.2) is 0 Å². The van der Waals surface area contributed by atoms with Gasteiger partial charge in [-0.2, -0.15) is 0 Å². The Labute approximate surface area is 55.8 Å². The summed E-state index contributed by atoms with van der Waals surface area (Å²) in [5.74, 6) is 5.14. The molecule has 0 bridgehead atoms. The molecule has 0 heterocycles. The van der Waals surface area contributed by atoms with E-state index in [0.717, 1.165) is 5.57 Å². The lowest BCUT2D eigenvalue weighted by molar-refractivity contribution is 0.219. The maximum atomic E-state index is 5.14. The Morgan fingerprint density at radius 3 is 2.78 bits per heavy atom. The monoisotopic (exact) mass is 130 g/mol. The fourth-order valence-electron chi connectivity index (χ4n) is 0.428. The van der Waals surface area contributed by atoms with Crippen LogP contribution in [0.5, 0.6) is 0 Å². The standard InChI is InChI=1S/C6H14N2O/c1-5(4-9-3)6(2)8-7/h6,8H,1,4,7H2,2-3H3. The Kier molecular flexibility index (Phi) is 4.30. The van der Waals surface area contributed by atoms with Crippen LogP contribution in [0, 0.1) is 0 Å². The number of nitrogens with one attached hydrogen (secondary N) is 1. The zero-order valence-electron chi connectivity index (χ0n) is 5.98. The van der Waals surface area contributed by atoms with Crippen molar-refractivity contribution in [3.63, 3.8) is 0 Å². The topological polar surface area (TPSA) is 47.3 Å². The Hall–Kier alpha value is -0.380. The minimum atomic E-state index is 0.130. The normalized spacial score (nSPS) is 13.2. The van der Waals surface area contributed by atoms with E-state index in [1.54, 1.807) is 7.11 Å². The average molecular weight is 130 g/mol. The fraction of sp³-hybridized carbons (Fsp3) is 0.667. The Bertz CT molecular complexity index is 93.1. The van der Waals surface area contributed by atoms with Gasteiger partial charge in [-0.1, -0.05) is 6.58 Å². The van der Waals surface area contributed by atoms with E-state index in [9.17, 15) is 0 Å². The molecule has 0 amide bonds. The number of hydrogen-bond donors (Lipinski definition) is 2. The van der Waals surface area contributed by atoms with Crippen molar-refractivity contribution in [3.05, 3.63) is 12.2 Å². The zero-order valence-corrected chi connectivity index (χ0v) is 5.98. The zero-order chi connectivity index (χ0) is 7.28. The summed E-state index contributed by atoms with van der Waals surface area (Å²) in [6.45, 7) is 6.24. The van der Waals surface area contributed by atoms with Crippen LogP contribution in [0.15, 0.2) is 12.2 Å². The van der Waals surface area contributed by atoms with E-state index in [0.29, 0.717) is 6.61 Å². The van der Waals surface area contributed by atoms with E-state index in [2.05, 4.69) is 12.0 Å². The molecule has 0 rings (SSSR count). The molecule has 0 saturated heterocycles. The molecule has 0 aromatic rings. The predicted octanol–water partition coefficient (Wildman–Crippen LogP) is 0.0408. The van der Waals surface area contributed by atoms with Gasteiger partial charge in [0.2, 0.25) is 0 Å². The van der Waals surface area contributed by atoms with Crippen LogP contribution < -0.4 is 11.3 Å². The lowest BCUT2D eigenvalue weighted by Crippen LogP contribution is -2.34. The molecular formula is C6H14N2O. The minimum absolute atomic E-state index is 0.130. The van der Waals surface area contributed by atoms with Crippen molar-refractivity contribution in [1.82, 2.24) is 5.43 Å². The van der Waals surface area contributed by atoms with Gasteiger partial charge in [0, 0.05) is 13.2 Å². The van der Waals surface area contributed by atoms with Crippen molar-refractivity contribution in [1.29, 1.82) is 0 Å². The molecule has 0 fully saturated rings. The lowest BCUT2D eigenvalue weighted by atomic mass is 10.2. The third-order valence-corrected chi connectivity index (χ3v) is 1.19. The fourth-order valence-corrected chi connectivity index (χ4v) is 0.428. The summed E-state index contributed by atoms with van der Waals surface area (Å²) < 4.78 is 4.83. The van der Waals surface area contributed by atoms with Gasteiger partial charge in [-0.3, -0.25) is 11.3 Å². The Morgan fingerprint density at radius 2 is 2.44 bits per heavy atom. The molecule has 0 saturated carbocycles.